The maximum Gasteiger partial charge on any atom is 0.126 e. The van der Waals surface area contributed by atoms with Crippen molar-refractivity contribution in [3.63, 3.8) is 0 Å². The lowest BCUT2D eigenvalue weighted by Crippen LogP contribution is -2.28. The summed E-state index contributed by atoms with van der Waals surface area (Å²) in [6, 6.07) is 3.52. The summed E-state index contributed by atoms with van der Waals surface area (Å²) in [7, 11) is 1.95. The zero-order chi connectivity index (χ0) is 13.0. The molecule has 0 saturated carbocycles. The molecule has 0 spiro atoms. The Hall–Kier alpha value is -1.00. The largest absolute Gasteiger partial charge is 0.388 e. The summed E-state index contributed by atoms with van der Waals surface area (Å²) in [6.07, 6.45) is -0.376. The third kappa shape index (κ3) is 4.40. The molecule has 1 unspecified atom stereocenters. The van der Waals surface area contributed by atoms with Crippen LogP contribution in [0.25, 0.3) is 0 Å². The van der Waals surface area contributed by atoms with Gasteiger partial charge >= 0.3 is 0 Å². The van der Waals surface area contributed by atoms with Gasteiger partial charge in [0.05, 0.1) is 6.10 Å². The zero-order valence-electron chi connectivity index (χ0n) is 10.5. The number of nitrogens with zero attached hydrogens (tertiary/aromatic N) is 1. The Morgan fingerprint density at radius 2 is 1.71 bits per heavy atom. The van der Waals surface area contributed by atoms with Crippen molar-refractivity contribution in [3.05, 3.63) is 35.4 Å². The van der Waals surface area contributed by atoms with Gasteiger partial charge in [0.15, 0.2) is 0 Å². The van der Waals surface area contributed by atoms with Crippen LogP contribution in [-0.4, -0.2) is 29.6 Å². The Bertz CT molecular complexity index is 348. The zero-order valence-corrected chi connectivity index (χ0v) is 10.5. The van der Waals surface area contributed by atoms with Gasteiger partial charge in [-0.15, -0.1) is 0 Å². The number of rotatable bonds is 5. The van der Waals surface area contributed by atoms with E-state index in [9.17, 15) is 13.9 Å². The van der Waals surface area contributed by atoms with E-state index in [-0.39, 0.29) is 0 Å². The Morgan fingerprint density at radius 3 is 2.18 bits per heavy atom. The standard InChI is InChI=1S/C13H19F2NO/c1-9(2)16(3)5-4-13(17)10-6-11(14)8-12(15)7-10/h6-9,13,17H,4-5H2,1-3H3. The van der Waals surface area contributed by atoms with Crippen LogP contribution in [0.15, 0.2) is 18.2 Å². The summed E-state index contributed by atoms with van der Waals surface area (Å²) in [4.78, 5) is 2.07. The summed E-state index contributed by atoms with van der Waals surface area (Å²) < 4.78 is 25.9. The fourth-order valence-corrected chi connectivity index (χ4v) is 1.52. The SMILES string of the molecule is CC(C)N(C)CCC(O)c1cc(F)cc(F)c1. The van der Waals surface area contributed by atoms with Crippen molar-refractivity contribution in [2.45, 2.75) is 32.4 Å². The highest BCUT2D eigenvalue weighted by Gasteiger charge is 2.12. The Kier molecular flexibility index (Phi) is 5.02. The second kappa shape index (κ2) is 6.07. The van der Waals surface area contributed by atoms with Gasteiger partial charge < -0.3 is 10.0 Å². The van der Waals surface area contributed by atoms with E-state index in [2.05, 4.69) is 4.90 Å². The maximum atomic E-state index is 13.0. The molecule has 1 N–H and O–H groups in total. The minimum atomic E-state index is -0.832. The van der Waals surface area contributed by atoms with Crippen LogP contribution in [0.1, 0.15) is 31.9 Å². The van der Waals surface area contributed by atoms with Crippen molar-refractivity contribution >= 4 is 0 Å². The van der Waals surface area contributed by atoms with Gasteiger partial charge in [0.2, 0.25) is 0 Å². The molecule has 17 heavy (non-hydrogen) atoms. The predicted molar refractivity (Wildman–Crippen MR) is 63.7 cm³/mol. The highest BCUT2D eigenvalue weighted by atomic mass is 19.1. The fraction of sp³-hybridized carbons (Fsp3) is 0.538. The van der Waals surface area contributed by atoms with Crippen molar-refractivity contribution in [1.29, 1.82) is 0 Å². The summed E-state index contributed by atoms with van der Waals surface area (Å²) in [5, 5.41) is 9.84. The molecule has 0 radical (unpaired) electrons. The van der Waals surface area contributed by atoms with Gasteiger partial charge in [0, 0.05) is 18.7 Å². The first-order valence-corrected chi connectivity index (χ1v) is 5.74. The molecule has 0 aliphatic rings. The number of benzene rings is 1. The molecule has 96 valence electrons. The van der Waals surface area contributed by atoms with Crippen molar-refractivity contribution in [1.82, 2.24) is 4.90 Å². The second-order valence-corrected chi connectivity index (χ2v) is 4.58. The Morgan fingerprint density at radius 1 is 1.18 bits per heavy atom. The van der Waals surface area contributed by atoms with Gasteiger partial charge in [-0.25, -0.2) is 8.78 Å². The molecule has 4 heteroatoms. The summed E-state index contributed by atoms with van der Waals surface area (Å²) in [5.74, 6) is -1.31. The third-order valence-corrected chi connectivity index (χ3v) is 2.91. The second-order valence-electron chi connectivity index (χ2n) is 4.58. The van der Waals surface area contributed by atoms with E-state index in [0.717, 1.165) is 6.07 Å². The fourth-order valence-electron chi connectivity index (χ4n) is 1.52. The predicted octanol–water partition coefficient (Wildman–Crippen LogP) is 2.73. The molecule has 0 heterocycles. The van der Waals surface area contributed by atoms with Crippen molar-refractivity contribution in [3.8, 4) is 0 Å². The molecule has 2 nitrogen and oxygen atoms in total. The number of hydrogen-bond acceptors (Lipinski definition) is 2. The average Bonchev–Trinajstić information content (AvgIpc) is 2.23. The number of aliphatic hydroxyl groups excluding tert-OH is 1. The molecule has 1 aromatic carbocycles. The molecule has 0 bridgehead atoms. The monoisotopic (exact) mass is 243 g/mol. The molecule has 0 aliphatic carbocycles. The Balaban J connectivity index is 2.60. The van der Waals surface area contributed by atoms with Gasteiger partial charge in [-0.3, -0.25) is 0 Å². The van der Waals surface area contributed by atoms with Crippen LogP contribution in [0, 0.1) is 11.6 Å². The third-order valence-electron chi connectivity index (χ3n) is 2.91. The molecule has 1 aromatic rings. The number of hydrogen-bond donors (Lipinski definition) is 1. The van der Waals surface area contributed by atoms with E-state index in [1.54, 1.807) is 0 Å². The smallest absolute Gasteiger partial charge is 0.126 e. The van der Waals surface area contributed by atoms with E-state index in [1.807, 2.05) is 20.9 Å². The lowest BCUT2D eigenvalue weighted by atomic mass is 10.1. The lowest BCUT2D eigenvalue weighted by molar-refractivity contribution is 0.141. The van der Waals surface area contributed by atoms with Crippen LogP contribution < -0.4 is 0 Å². The van der Waals surface area contributed by atoms with E-state index in [4.69, 9.17) is 0 Å². The molecule has 1 atom stereocenters. The molecular weight excluding hydrogens is 224 g/mol. The van der Waals surface area contributed by atoms with Gasteiger partial charge in [-0.05, 0) is 45.0 Å². The summed E-state index contributed by atoms with van der Waals surface area (Å²) in [6.45, 7) is 4.78. The molecule has 0 aliphatic heterocycles. The minimum absolute atomic E-state index is 0.291. The van der Waals surface area contributed by atoms with Crippen molar-refractivity contribution in [2.24, 2.45) is 0 Å². The van der Waals surface area contributed by atoms with Crippen LogP contribution in [-0.2, 0) is 0 Å². The van der Waals surface area contributed by atoms with E-state index in [0.29, 0.717) is 24.6 Å². The lowest BCUT2D eigenvalue weighted by Gasteiger charge is -2.22. The number of halogens is 2. The highest BCUT2D eigenvalue weighted by molar-refractivity contribution is 5.20. The van der Waals surface area contributed by atoms with Crippen LogP contribution >= 0.6 is 0 Å². The summed E-state index contributed by atoms with van der Waals surface area (Å²) in [5.41, 5.74) is 0.291. The topological polar surface area (TPSA) is 23.5 Å². The molecule has 0 fully saturated rings. The quantitative estimate of drug-likeness (QED) is 0.859. The minimum Gasteiger partial charge on any atom is -0.388 e. The number of aliphatic hydroxyl groups is 1. The van der Waals surface area contributed by atoms with Crippen LogP contribution in [0.5, 0.6) is 0 Å². The van der Waals surface area contributed by atoms with Crippen LogP contribution in [0.4, 0.5) is 8.78 Å². The molecular formula is C13H19F2NO. The Labute approximate surface area is 101 Å². The van der Waals surface area contributed by atoms with Crippen LogP contribution in [0.3, 0.4) is 0 Å². The summed E-state index contributed by atoms with van der Waals surface area (Å²) >= 11 is 0. The molecule has 0 aromatic heterocycles. The normalized spacial score (nSPS) is 13.4. The highest BCUT2D eigenvalue weighted by Crippen LogP contribution is 2.19. The molecule has 0 amide bonds. The first-order chi connectivity index (χ1) is 7.90. The van der Waals surface area contributed by atoms with Crippen molar-refractivity contribution < 1.29 is 13.9 Å². The van der Waals surface area contributed by atoms with Crippen molar-refractivity contribution in [2.75, 3.05) is 13.6 Å². The van der Waals surface area contributed by atoms with E-state index >= 15 is 0 Å². The molecule has 1 rings (SSSR count). The van der Waals surface area contributed by atoms with Gasteiger partial charge in [0.25, 0.3) is 0 Å². The average molecular weight is 243 g/mol. The van der Waals surface area contributed by atoms with Gasteiger partial charge in [0.1, 0.15) is 11.6 Å². The van der Waals surface area contributed by atoms with Gasteiger partial charge in [-0.2, -0.15) is 0 Å². The van der Waals surface area contributed by atoms with E-state index < -0.39 is 17.7 Å². The first kappa shape index (κ1) is 14.1. The molecule has 0 saturated heterocycles. The maximum absolute atomic E-state index is 13.0. The van der Waals surface area contributed by atoms with E-state index in [1.165, 1.54) is 12.1 Å². The first-order valence-electron chi connectivity index (χ1n) is 5.74. The van der Waals surface area contributed by atoms with Crippen LogP contribution in [0.2, 0.25) is 0 Å². The van der Waals surface area contributed by atoms with Gasteiger partial charge in [-0.1, -0.05) is 0 Å².